The molecule has 0 unspecified atom stereocenters. The molecule has 11 rings (SSSR count). The average Bonchev–Trinajstić information content (AvgIpc) is 3.91. The van der Waals surface area contributed by atoms with Gasteiger partial charge in [0.2, 0.25) is 0 Å². The van der Waals surface area contributed by atoms with Gasteiger partial charge in [-0.3, -0.25) is 0 Å². The Balaban J connectivity index is 1.08. The van der Waals surface area contributed by atoms with E-state index in [0.717, 1.165) is 82.8 Å². The summed E-state index contributed by atoms with van der Waals surface area (Å²) >= 11 is 0. The summed E-state index contributed by atoms with van der Waals surface area (Å²) in [4.78, 5) is 7.57. The van der Waals surface area contributed by atoms with E-state index in [1.54, 1.807) is 0 Å². The maximum Gasteiger partial charge on any atom is 0.189 e. The van der Waals surface area contributed by atoms with Crippen LogP contribution < -0.4 is 0 Å². The molecule has 0 saturated heterocycles. The standard InChI is InChI=1S/C51H28N6/c1-53-35-18-24-50-45(29-35)42-11-5-8-14-48(42)57(50)39-27-34(26-36(28-39)54-2)33-16-19-37(20-17-33)55-49-23-15-32(31-52)25-44(49)43-22-21-38(30-51(43)55)56-46-12-6-3-9-40(46)41-10-4-7-13-47(41)56/h3-30H. The molecule has 0 amide bonds. The predicted molar refractivity (Wildman–Crippen MR) is 232 cm³/mol. The highest BCUT2D eigenvalue weighted by atomic mass is 15.0. The molecule has 0 aliphatic rings. The number of hydrogen-bond acceptors (Lipinski definition) is 1. The average molecular weight is 725 g/mol. The molecule has 6 nitrogen and oxygen atoms in total. The van der Waals surface area contributed by atoms with E-state index in [-0.39, 0.29) is 0 Å². The third-order valence-electron chi connectivity index (χ3n) is 11.3. The summed E-state index contributed by atoms with van der Waals surface area (Å²) in [6.07, 6.45) is 0. The van der Waals surface area contributed by atoms with Crippen molar-refractivity contribution in [3.05, 3.63) is 198 Å². The van der Waals surface area contributed by atoms with Gasteiger partial charge in [0, 0.05) is 44.0 Å². The first-order valence-corrected chi connectivity index (χ1v) is 18.6. The minimum absolute atomic E-state index is 0.545. The number of hydrogen-bond donors (Lipinski definition) is 0. The second kappa shape index (κ2) is 12.3. The van der Waals surface area contributed by atoms with Crippen LogP contribution in [-0.2, 0) is 0 Å². The van der Waals surface area contributed by atoms with Crippen LogP contribution in [0.5, 0.6) is 0 Å². The van der Waals surface area contributed by atoms with E-state index in [4.69, 9.17) is 13.1 Å². The number of fused-ring (bicyclic) bond motifs is 9. The number of para-hydroxylation sites is 3. The van der Waals surface area contributed by atoms with E-state index in [9.17, 15) is 5.26 Å². The Labute approximate surface area is 327 Å². The van der Waals surface area contributed by atoms with Crippen LogP contribution in [0, 0.1) is 24.5 Å². The quantitative estimate of drug-likeness (QED) is 0.167. The monoisotopic (exact) mass is 724 g/mol. The lowest BCUT2D eigenvalue weighted by Gasteiger charge is -2.13. The van der Waals surface area contributed by atoms with Crippen LogP contribution in [0.1, 0.15) is 5.56 Å². The van der Waals surface area contributed by atoms with Gasteiger partial charge in [-0.25, -0.2) is 9.69 Å². The smallest absolute Gasteiger partial charge is 0.189 e. The van der Waals surface area contributed by atoms with Crippen LogP contribution in [0.15, 0.2) is 170 Å². The van der Waals surface area contributed by atoms with Gasteiger partial charge in [-0.2, -0.15) is 5.26 Å². The van der Waals surface area contributed by atoms with Crippen LogP contribution in [0.25, 0.3) is 103 Å². The second-order valence-electron chi connectivity index (χ2n) is 14.3. The molecule has 262 valence electrons. The van der Waals surface area contributed by atoms with Crippen LogP contribution in [0.3, 0.4) is 0 Å². The van der Waals surface area contributed by atoms with E-state index in [1.165, 1.54) is 10.8 Å². The normalized spacial score (nSPS) is 11.5. The summed E-state index contributed by atoms with van der Waals surface area (Å²) in [5, 5.41) is 16.4. The van der Waals surface area contributed by atoms with Gasteiger partial charge in [-0.1, -0.05) is 78.9 Å². The number of benzene rings is 8. The van der Waals surface area contributed by atoms with Crippen molar-refractivity contribution in [1.29, 1.82) is 5.26 Å². The minimum Gasteiger partial charge on any atom is -0.311 e. The molecule has 0 radical (unpaired) electrons. The van der Waals surface area contributed by atoms with Gasteiger partial charge in [0.25, 0.3) is 0 Å². The summed E-state index contributed by atoms with van der Waals surface area (Å²) in [6, 6.07) is 60.5. The first kappa shape index (κ1) is 32.1. The molecule has 0 spiro atoms. The van der Waals surface area contributed by atoms with Crippen LogP contribution in [0.4, 0.5) is 11.4 Å². The maximum absolute atomic E-state index is 9.85. The van der Waals surface area contributed by atoms with Gasteiger partial charge in [-0.05, 0) is 108 Å². The Morgan fingerprint density at radius 3 is 1.54 bits per heavy atom. The van der Waals surface area contributed by atoms with E-state index in [1.807, 2.05) is 60.7 Å². The number of nitrogens with zero attached hydrogens (tertiary/aromatic N) is 6. The summed E-state index contributed by atoms with van der Waals surface area (Å²) < 4.78 is 6.80. The summed E-state index contributed by atoms with van der Waals surface area (Å²) in [5.74, 6) is 0. The van der Waals surface area contributed by atoms with Crippen molar-refractivity contribution in [2.24, 2.45) is 0 Å². The van der Waals surface area contributed by atoms with E-state index < -0.39 is 0 Å². The predicted octanol–water partition coefficient (Wildman–Crippen LogP) is 13.6. The highest BCUT2D eigenvalue weighted by Crippen LogP contribution is 2.40. The van der Waals surface area contributed by atoms with Gasteiger partial charge < -0.3 is 13.7 Å². The van der Waals surface area contributed by atoms with Gasteiger partial charge in [-0.15, -0.1) is 0 Å². The Hall–Kier alpha value is -8.37. The lowest BCUT2D eigenvalue weighted by Crippen LogP contribution is -1.97. The maximum atomic E-state index is 9.85. The van der Waals surface area contributed by atoms with Crippen molar-refractivity contribution in [1.82, 2.24) is 13.7 Å². The van der Waals surface area contributed by atoms with Crippen molar-refractivity contribution in [3.63, 3.8) is 0 Å². The largest absolute Gasteiger partial charge is 0.311 e. The molecule has 11 aromatic rings. The fourth-order valence-electron chi connectivity index (χ4n) is 8.76. The summed E-state index contributed by atoms with van der Waals surface area (Å²) in [6.45, 7) is 15.6. The molecule has 0 fully saturated rings. The Morgan fingerprint density at radius 2 is 0.895 bits per heavy atom. The van der Waals surface area contributed by atoms with Crippen LogP contribution >= 0.6 is 0 Å². The molecule has 8 aromatic carbocycles. The lowest BCUT2D eigenvalue weighted by atomic mass is 10.0. The molecular weight excluding hydrogens is 697 g/mol. The van der Waals surface area contributed by atoms with Crippen molar-refractivity contribution < 1.29 is 0 Å². The molecule has 6 heteroatoms. The Kier molecular flexibility index (Phi) is 6.95. The summed E-state index contributed by atoms with van der Waals surface area (Å²) in [7, 11) is 0. The zero-order valence-corrected chi connectivity index (χ0v) is 30.3. The number of aromatic nitrogens is 3. The van der Waals surface area contributed by atoms with Gasteiger partial charge in [0.15, 0.2) is 11.4 Å². The van der Waals surface area contributed by atoms with E-state index in [2.05, 4.69) is 139 Å². The highest BCUT2D eigenvalue weighted by molar-refractivity contribution is 6.13. The molecule has 57 heavy (non-hydrogen) atoms. The molecule has 0 atom stereocenters. The molecule has 0 N–H and O–H groups in total. The van der Waals surface area contributed by atoms with Crippen molar-refractivity contribution >= 4 is 76.8 Å². The summed E-state index contributed by atoms with van der Waals surface area (Å²) in [5.41, 5.74) is 13.0. The molecule has 0 bridgehead atoms. The molecule has 0 aliphatic heterocycles. The van der Waals surface area contributed by atoms with E-state index in [0.29, 0.717) is 16.9 Å². The lowest BCUT2D eigenvalue weighted by molar-refractivity contribution is 1.15. The fourth-order valence-corrected chi connectivity index (χ4v) is 8.76. The van der Waals surface area contributed by atoms with Crippen molar-refractivity contribution in [2.75, 3.05) is 0 Å². The van der Waals surface area contributed by atoms with Gasteiger partial charge >= 0.3 is 0 Å². The first-order valence-electron chi connectivity index (χ1n) is 18.6. The second-order valence-corrected chi connectivity index (χ2v) is 14.3. The Morgan fingerprint density at radius 1 is 0.368 bits per heavy atom. The molecule has 0 aliphatic carbocycles. The van der Waals surface area contributed by atoms with Crippen LogP contribution in [0.2, 0.25) is 0 Å². The van der Waals surface area contributed by atoms with Crippen molar-refractivity contribution in [3.8, 4) is 34.3 Å². The topological polar surface area (TPSA) is 47.3 Å². The first-order chi connectivity index (χ1) is 28.1. The minimum atomic E-state index is 0.545. The third kappa shape index (κ3) is 4.81. The van der Waals surface area contributed by atoms with Gasteiger partial charge in [0.1, 0.15) is 0 Å². The number of rotatable bonds is 4. The molecule has 3 heterocycles. The van der Waals surface area contributed by atoms with E-state index >= 15 is 0 Å². The fraction of sp³-hybridized carbons (Fsp3) is 0. The van der Waals surface area contributed by atoms with Crippen molar-refractivity contribution in [2.45, 2.75) is 0 Å². The molecular formula is C51H28N6. The third-order valence-corrected chi connectivity index (χ3v) is 11.3. The molecule has 3 aromatic heterocycles. The zero-order chi connectivity index (χ0) is 38.2. The van der Waals surface area contributed by atoms with Gasteiger partial charge in [0.05, 0.1) is 57.9 Å². The molecule has 0 saturated carbocycles. The highest BCUT2D eigenvalue weighted by Gasteiger charge is 2.18. The Bertz CT molecular complexity index is 3560. The van der Waals surface area contributed by atoms with Crippen LogP contribution in [-0.4, -0.2) is 13.7 Å². The zero-order valence-electron chi connectivity index (χ0n) is 30.3. The SMILES string of the molecule is [C-]#[N+]c1cc(-c2ccc(-n3c4ccc(C#N)cc4c4ccc(-n5c6ccccc6c6ccccc65)cc43)cc2)cc(-n2c3ccccc3c3cc([N+]#[C-])ccc32)c1. The number of nitriles is 1.